The van der Waals surface area contributed by atoms with Gasteiger partial charge in [0, 0.05) is 18.6 Å². The highest BCUT2D eigenvalue weighted by Gasteiger charge is 2.24. The Morgan fingerprint density at radius 2 is 2.00 bits per heavy atom. The van der Waals surface area contributed by atoms with Crippen molar-refractivity contribution in [3.8, 4) is 0 Å². The third-order valence-corrected chi connectivity index (χ3v) is 4.47. The minimum absolute atomic E-state index is 0.515. The topological polar surface area (TPSA) is 15.3 Å². The van der Waals surface area contributed by atoms with Gasteiger partial charge in [-0.2, -0.15) is 0 Å². The van der Waals surface area contributed by atoms with Crippen LogP contribution in [-0.4, -0.2) is 30.6 Å². The van der Waals surface area contributed by atoms with Crippen molar-refractivity contribution in [1.29, 1.82) is 0 Å². The van der Waals surface area contributed by atoms with Crippen molar-refractivity contribution >= 4 is 0 Å². The number of nitrogens with one attached hydrogen (secondary N) is 1. The molecular weight excluding hydrogens is 232 g/mol. The summed E-state index contributed by atoms with van der Waals surface area (Å²) >= 11 is 0. The first kappa shape index (κ1) is 14.5. The highest BCUT2D eigenvalue weighted by Crippen LogP contribution is 2.25. The monoisotopic (exact) mass is 260 g/mol. The first-order valence-electron chi connectivity index (χ1n) is 7.81. The van der Waals surface area contributed by atoms with Gasteiger partial charge in [-0.25, -0.2) is 0 Å². The summed E-state index contributed by atoms with van der Waals surface area (Å²) in [6, 6.07) is 10.4. The fourth-order valence-electron chi connectivity index (χ4n) is 3.19. The molecule has 0 spiro atoms. The molecular formula is C17H28N2. The van der Waals surface area contributed by atoms with E-state index < -0.39 is 0 Å². The van der Waals surface area contributed by atoms with Gasteiger partial charge in [0.05, 0.1) is 0 Å². The van der Waals surface area contributed by atoms with E-state index in [0.717, 1.165) is 19.5 Å². The van der Waals surface area contributed by atoms with Crippen molar-refractivity contribution < 1.29 is 0 Å². The van der Waals surface area contributed by atoms with Gasteiger partial charge in [0.15, 0.2) is 0 Å². The smallest absolute Gasteiger partial charge is 0.0323 e. The fraction of sp³-hybridized carbons (Fsp3) is 0.647. The predicted octanol–water partition coefficient (Wildman–Crippen LogP) is 3.38. The normalized spacial score (nSPS) is 21.6. The van der Waals surface area contributed by atoms with Crippen molar-refractivity contribution in [2.45, 2.75) is 52.1 Å². The lowest BCUT2D eigenvalue weighted by molar-refractivity contribution is 0.128. The summed E-state index contributed by atoms with van der Waals surface area (Å²) in [5, 5.41) is 3.53. The Morgan fingerprint density at radius 3 is 2.53 bits per heavy atom. The van der Waals surface area contributed by atoms with E-state index in [-0.39, 0.29) is 0 Å². The van der Waals surface area contributed by atoms with Crippen LogP contribution in [0.15, 0.2) is 24.3 Å². The molecule has 1 fully saturated rings. The summed E-state index contributed by atoms with van der Waals surface area (Å²) in [5.74, 6) is 0. The van der Waals surface area contributed by atoms with Crippen LogP contribution in [0.2, 0.25) is 0 Å². The minimum atomic E-state index is 0.515. The molecule has 0 aromatic heterocycles. The molecule has 0 amide bonds. The molecule has 1 aliphatic heterocycles. The van der Waals surface area contributed by atoms with Gasteiger partial charge in [-0.05, 0) is 50.4 Å². The quantitative estimate of drug-likeness (QED) is 0.873. The van der Waals surface area contributed by atoms with Crippen LogP contribution < -0.4 is 5.32 Å². The van der Waals surface area contributed by atoms with Crippen LogP contribution in [-0.2, 0) is 6.42 Å². The third-order valence-electron chi connectivity index (χ3n) is 4.47. The van der Waals surface area contributed by atoms with Gasteiger partial charge in [0.2, 0.25) is 0 Å². The van der Waals surface area contributed by atoms with Gasteiger partial charge in [0.25, 0.3) is 0 Å². The molecule has 0 aliphatic carbocycles. The molecule has 2 unspecified atom stereocenters. The zero-order valence-electron chi connectivity index (χ0n) is 12.7. The SMILES string of the molecule is CCc1ccc(C(C)N(CC)C2CCCNC2)cc1. The lowest BCUT2D eigenvalue weighted by atomic mass is 9.99. The van der Waals surface area contributed by atoms with Crippen LogP contribution in [0, 0.1) is 0 Å². The number of nitrogens with zero attached hydrogens (tertiary/aromatic N) is 1. The number of hydrogen-bond acceptors (Lipinski definition) is 2. The van der Waals surface area contributed by atoms with Crippen molar-refractivity contribution in [3.63, 3.8) is 0 Å². The molecule has 1 saturated heterocycles. The van der Waals surface area contributed by atoms with Crippen molar-refractivity contribution in [2.24, 2.45) is 0 Å². The summed E-state index contributed by atoms with van der Waals surface area (Å²) in [6.45, 7) is 10.3. The number of aryl methyl sites for hydroxylation is 1. The molecule has 2 atom stereocenters. The van der Waals surface area contributed by atoms with Gasteiger partial charge in [-0.15, -0.1) is 0 Å². The molecule has 2 heteroatoms. The van der Waals surface area contributed by atoms with Crippen LogP contribution >= 0.6 is 0 Å². The molecule has 2 rings (SSSR count). The van der Waals surface area contributed by atoms with Crippen LogP contribution in [0.25, 0.3) is 0 Å². The second-order valence-corrected chi connectivity index (χ2v) is 5.60. The van der Waals surface area contributed by atoms with Crippen LogP contribution in [0.5, 0.6) is 0 Å². The summed E-state index contributed by atoms with van der Waals surface area (Å²) in [4.78, 5) is 2.65. The molecule has 2 nitrogen and oxygen atoms in total. The average Bonchev–Trinajstić information content (AvgIpc) is 2.49. The summed E-state index contributed by atoms with van der Waals surface area (Å²) in [5.41, 5.74) is 2.88. The van der Waals surface area contributed by atoms with Crippen LogP contribution in [0.1, 0.15) is 50.8 Å². The number of likely N-dealkylation sites (N-methyl/N-ethyl adjacent to an activating group) is 1. The molecule has 1 aromatic carbocycles. The lowest BCUT2D eigenvalue weighted by Crippen LogP contribution is -2.46. The minimum Gasteiger partial charge on any atom is -0.315 e. The van der Waals surface area contributed by atoms with E-state index in [1.165, 1.54) is 30.5 Å². The van der Waals surface area contributed by atoms with Crippen molar-refractivity contribution in [2.75, 3.05) is 19.6 Å². The number of rotatable bonds is 5. The number of piperidine rings is 1. The van der Waals surface area contributed by atoms with Gasteiger partial charge in [0.1, 0.15) is 0 Å². The van der Waals surface area contributed by atoms with E-state index in [1.807, 2.05) is 0 Å². The van der Waals surface area contributed by atoms with E-state index in [1.54, 1.807) is 0 Å². The highest BCUT2D eigenvalue weighted by molar-refractivity contribution is 5.25. The first-order chi connectivity index (χ1) is 9.26. The van der Waals surface area contributed by atoms with Gasteiger partial charge >= 0.3 is 0 Å². The molecule has 1 heterocycles. The van der Waals surface area contributed by atoms with Gasteiger partial charge < -0.3 is 5.32 Å². The lowest BCUT2D eigenvalue weighted by Gasteiger charge is -2.38. The maximum absolute atomic E-state index is 3.53. The molecule has 0 radical (unpaired) electrons. The standard InChI is InChI=1S/C17H28N2/c1-4-15-8-10-16(11-9-15)14(3)19(5-2)17-7-6-12-18-13-17/h8-11,14,17-18H,4-7,12-13H2,1-3H3. The van der Waals surface area contributed by atoms with Crippen LogP contribution in [0.3, 0.4) is 0 Å². The largest absolute Gasteiger partial charge is 0.315 e. The summed E-state index contributed by atoms with van der Waals surface area (Å²) in [6.07, 6.45) is 3.76. The van der Waals surface area contributed by atoms with E-state index >= 15 is 0 Å². The zero-order valence-corrected chi connectivity index (χ0v) is 12.7. The van der Waals surface area contributed by atoms with E-state index in [0.29, 0.717) is 12.1 Å². The Hall–Kier alpha value is -0.860. The number of hydrogen-bond donors (Lipinski definition) is 1. The highest BCUT2D eigenvalue weighted by atomic mass is 15.2. The Kier molecular flexibility index (Phi) is 5.41. The Bertz CT molecular complexity index is 365. The van der Waals surface area contributed by atoms with E-state index in [2.05, 4.69) is 55.3 Å². The van der Waals surface area contributed by atoms with Gasteiger partial charge in [-0.3, -0.25) is 4.90 Å². The van der Waals surface area contributed by atoms with Crippen LogP contribution in [0.4, 0.5) is 0 Å². The van der Waals surface area contributed by atoms with E-state index in [4.69, 9.17) is 0 Å². The summed E-state index contributed by atoms with van der Waals surface area (Å²) in [7, 11) is 0. The Balaban J connectivity index is 2.07. The maximum Gasteiger partial charge on any atom is 0.0323 e. The molecule has 0 bridgehead atoms. The molecule has 1 aliphatic rings. The maximum atomic E-state index is 3.53. The van der Waals surface area contributed by atoms with Crippen molar-refractivity contribution in [1.82, 2.24) is 10.2 Å². The molecule has 19 heavy (non-hydrogen) atoms. The predicted molar refractivity (Wildman–Crippen MR) is 82.5 cm³/mol. The second-order valence-electron chi connectivity index (χ2n) is 5.60. The van der Waals surface area contributed by atoms with Crippen molar-refractivity contribution in [3.05, 3.63) is 35.4 Å². The first-order valence-corrected chi connectivity index (χ1v) is 7.81. The Labute approximate surface area is 118 Å². The zero-order chi connectivity index (χ0) is 13.7. The Morgan fingerprint density at radius 1 is 1.26 bits per heavy atom. The second kappa shape index (κ2) is 7.06. The molecule has 1 aromatic rings. The summed E-state index contributed by atoms with van der Waals surface area (Å²) < 4.78 is 0. The van der Waals surface area contributed by atoms with E-state index in [9.17, 15) is 0 Å². The van der Waals surface area contributed by atoms with Gasteiger partial charge in [-0.1, -0.05) is 38.1 Å². The number of benzene rings is 1. The fourth-order valence-corrected chi connectivity index (χ4v) is 3.19. The molecule has 106 valence electrons. The molecule has 1 N–H and O–H groups in total. The molecule has 0 saturated carbocycles. The third kappa shape index (κ3) is 3.58. The average molecular weight is 260 g/mol.